The number of hydrogen-bond acceptors (Lipinski definition) is 3. The van der Waals surface area contributed by atoms with Gasteiger partial charge in [-0.25, -0.2) is 4.79 Å². The van der Waals surface area contributed by atoms with Crippen molar-refractivity contribution in [2.24, 2.45) is 5.92 Å². The summed E-state index contributed by atoms with van der Waals surface area (Å²) in [6, 6.07) is 4.04. The molecule has 0 heterocycles. The molecule has 1 aliphatic carbocycles. The van der Waals surface area contributed by atoms with E-state index in [9.17, 15) is 19.5 Å². The van der Waals surface area contributed by atoms with Gasteiger partial charge in [0, 0.05) is 18.4 Å². The zero-order chi connectivity index (χ0) is 19.3. The van der Waals surface area contributed by atoms with Gasteiger partial charge >= 0.3 is 5.97 Å². The van der Waals surface area contributed by atoms with Gasteiger partial charge in [-0.05, 0) is 39.2 Å². The van der Waals surface area contributed by atoms with Crippen LogP contribution in [0.1, 0.15) is 61.8 Å². The molecule has 1 fully saturated rings. The summed E-state index contributed by atoms with van der Waals surface area (Å²) >= 11 is 0. The number of aliphatic carboxylic acids is 1. The third-order valence-corrected chi connectivity index (χ3v) is 4.74. The molecule has 1 aromatic carbocycles. The molecule has 0 spiro atoms. The van der Waals surface area contributed by atoms with Crippen molar-refractivity contribution in [3.05, 3.63) is 34.9 Å². The quantitative estimate of drug-likeness (QED) is 0.696. The van der Waals surface area contributed by atoms with E-state index < -0.39 is 17.9 Å². The van der Waals surface area contributed by atoms with E-state index in [0.717, 1.165) is 36.8 Å². The lowest BCUT2D eigenvalue weighted by Crippen LogP contribution is -2.41. The van der Waals surface area contributed by atoms with Crippen molar-refractivity contribution in [3.63, 3.8) is 0 Å². The van der Waals surface area contributed by atoms with E-state index in [-0.39, 0.29) is 24.3 Å². The van der Waals surface area contributed by atoms with Gasteiger partial charge in [-0.3, -0.25) is 9.59 Å². The normalized spacial score (nSPS) is 16.7. The molecule has 0 radical (unpaired) electrons. The fourth-order valence-corrected chi connectivity index (χ4v) is 3.56. The molecule has 2 amide bonds. The highest BCUT2D eigenvalue weighted by molar-refractivity contribution is 5.85. The first-order valence-electron chi connectivity index (χ1n) is 9.17. The number of benzene rings is 1. The average molecular weight is 360 g/mol. The van der Waals surface area contributed by atoms with Gasteiger partial charge in [0.05, 0.1) is 0 Å². The lowest BCUT2D eigenvalue weighted by molar-refractivity contribution is -0.142. The summed E-state index contributed by atoms with van der Waals surface area (Å²) in [4.78, 5) is 36.0. The van der Waals surface area contributed by atoms with Gasteiger partial charge in [-0.15, -0.1) is 0 Å². The van der Waals surface area contributed by atoms with Gasteiger partial charge in [0.25, 0.3) is 0 Å². The third kappa shape index (κ3) is 5.58. The molecule has 142 valence electrons. The standard InChI is InChI=1S/C20H28N2O4/c1-12-8-13(2)10-16(9-12)18(20(25)26)22-17(23)11-14(3)21-19(24)15-6-4-5-7-15/h8-10,14-15,18H,4-7,11H2,1-3H3,(H,21,24)(H,22,23)(H,25,26). The van der Waals surface area contributed by atoms with Crippen LogP contribution in [0.2, 0.25) is 0 Å². The summed E-state index contributed by atoms with van der Waals surface area (Å²) < 4.78 is 0. The van der Waals surface area contributed by atoms with Crippen LogP contribution in [0.15, 0.2) is 18.2 Å². The minimum absolute atomic E-state index is 0.00751. The van der Waals surface area contributed by atoms with Gasteiger partial charge in [0.1, 0.15) is 0 Å². The Bertz CT molecular complexity index is 660. The first-order valence-corrected chi connectivity index (χ1v) is 9.17. The van der Waals surface area contributed by atoms with Crippen molar-refractivity contribution in [2.75, 3.05) is 0 Å². The van der Waals surface area contributed by atoms with Crippen LogP contribution in [0.5, 0.6) is 0 Å². The second-order valence-corrected chi connectivity index (χ2v) is 7.35. The van der Waals surface area contributed by atoms with Crippen LogP contribution < -0.4 is 10.6 Å². The van der Waals surface area contributed by atoms with E-state index in [1.165, 1.54) is 0 Å². The molecular formula is C20H28N2O4. The van der Waals surface area contributed by atoms with Gasteiger partial charge in [0.2, 0.25) is 11.8 Å². The minimum Gasteiger partial charge on any atom is -0.479 e. The molecule has 0 saturated heterocycles. The first kappa shape index (κ1) is 19.9. The zero-order valence-corrected chi connectivity index (χ0v) is 15.7. The van der Waals surface area contributed by atoms with Gasteiger partial charge in [-0.2, -0.15) is 0 Å². The Morgan fingerprint density at radius 1 is 1.08 bits per heavy atom. The first-order chi connectivity index (χ1) is 12.3. The molecule has 1 aromatic rings. The fraction of sp³-hybridized carbons (Fsp3) is 0.550. The number of rotatable bonds is 7. The molecule has 0 bridgehead atoms. The van der Waals surface area contributed by atoms with Crippen molar-refractivity contribution in [1.29, 1.82) is 0 Å². The Morgan fingerprint density at radius 2 is 1.65 bits per heavy atom. The van der Waals surface area contributed by atoms with E-state index in [4.69, 9.17) is 0 Å². The van der Waals surface area contributed by atoms with Crippen molar-refractivity contribution >= 4 is 17.8 Å². The molecule has 3 N–H and O–H groups in total. The third-order valence-electron chi connectivity index (χ3n) is 4.74. The fourth-order valence-electron chi connectivity index (χ4n) is 3.56. The van der Waals surface area contributed by atoms with E-state index >= 15 is 0 Å². The molecule has 6 nitrogen and oxygen atoms in total. The number of nitrogens with one attached hydrogen (secondary N) is 2. The van der Waals surface area contributed by atoms with Crippen LogP contribution in [-0.2, 0) is 14.4 Å². The SMILES string of the molecule is Cc1cc(C)cc(C(NC(=O)CC(C)NC(=O)C2CCCC2)C(=O)O)c1. The topological polar surface area (TPSA) is 95.5 Å². The predicted molar refractivity (Wildman–Crippen MR) is 98.6 cm³/mol. The molecule has 6 heteroatoms. The summed E-state index contributed by atoms with van der Waals surface area (Å²) in [5.74, 6) is -1.46. The molecule has 2 unspecified atom stereocenters. The summed E-state index contributed by atoms with van der Waals surface area (Å²) in [7, 11) is 0. The molecule has 0 aromatic heterocycles. The second kappa shape index (κ2) is 8.83. The number of amides is 2. The maximum Gasteiger partial charge on any atom is 0.330 e. The molecule has 0 aliphatic heterocycles. The van der Waals surface area contributed by atoms with Crippen molar-refractivity contribution in [2.45, 2.75) is 65.0 Å². The Kier molecular flexibility index (Phi) is 6.77. The monoisotopic (exact) mass is 360 g/mol. The van der Waals surface area contributed by atoms with Crippen LogP contribution >= 0.6 is 0 Å². The van der Waals surface area contributed by atoms with Crippen LogP contribution in [0.3, 0.4) is 0 Å². The van der Waals surface area contributed by atoms with Crippen molar-refractivity contribution < 1.29 is 19.5 Å². The largest absolute Gasteiger partial charge is 0.479 e. The van der Waals surface area contributed by atoms with E-state index in [1.807, 2.05) is 19.9 Å². The Balaban J connectivity index is 1.94. The summed E-state index contributed by atoms with van der Waals surface area (Å²) in [5.41, 5.74) is 2.43. The molecule has 1 saturated carbocycles. The Hall–Kier alpha value is -2.37. The number of hydrogen-bond donors (Lipinski definition) is 3. The number of carboxylic acid groups (broad SMARTS) is 1. The van der Waals surface area contributed by atoms with E-state index in [2.05, 4.69) is 10.6 Å². The van der Waals surface area contributed by atoms with Crippen LogP contribution in [-0.4, -0.2) is 28.9 Å². The maximum absolute atomic E-state index is 12.3. The van der Waals surface area contributed by atoms with Gasteiger partial charge in [0.15, 0.2) is 6.04 Å². The Labute approximate surface area is 154 Å². The average Bonchev–Trinajstić information content (AvgIpc) is 3.05. The summed E-state index contributed by atoms with van der Waals surface area (Å²) in [6.45, 7) is 5.54. The predicted octanol–water partition coefficient (Wildman–Crippen LogP) is 2.63. The molecule has 2 atom stereocenters. The van der Waals surface area contributed by atoms with E-state index in [1.54, 1.807) is 19.1 Å². The summed E-state index contributed by atoms with van der Waals surface area (Å²) in [6.07, 6.45) is 4.00. The van der Waals surface area contributed by atoms with Crippen molar-refractivity contribution in [3.8, 4) is 0 Å². The second-order valence-electron chi connectivity index (χ2n) is 7.35. The number of carboxylic acids is 1. The van der Waals surface area contributed by atoms with Crippen LogP contribution in [0, 0.1) is 19.8 Å². The molecule has 2 rings (SSSR count). The Morgan fingerprint density at radius 3 is 2.19 bits per heavy atom. The van der Waals surface area contributed by atoms with Gasteiger partial charge in [-0.1, -0.05) is 42.2 Å². The highest BCUT2D eigenvalue weighted by Crippen LogP contribution is 2.25. The highest BCUT2D eigenvalue weighted by atomic mass is 16.4. The van der Waals surface area contributed by atoms with E-state index in [0.29, 0.717) is 5.56 Å². The maximum atomic E-state index is 12.3. The number of carbonyl (C=O) groups excluding carboxylic acids is 2. The van der Waals surface area contributed by atoms with Gasteiger partial charge < -0.3 is 15.7 Å². The smallest absolute Gasteiger partial charge is 0.330 e. The number of aryl methyl sites for hydroxylation is 2. The lowest BCUT2D eigenvalue weighted by Gasteiger charge is -2.19. The van der Waals surface area contributed by atoms with Crippen LogP contribution in [0.25, 0.3) is 0 Å². The lowest BCUT2D eigenvalue weighted by atomic mass is 10.0. The zero-order valence-electron chi connectivity index (χ0n) is 15.7. The van der Waals surface area contributed by atoms with Crippen molar-refractivity contribution in [1.82, 2.24) is 10.6 Å². The molecular weight excluding hydrogens is 332 g/mol. The van der Waals surface area contributed by atoms with Crippen LogP contribution in [0.4, 0.5) is 0 Å². The number of carbonyl (C=O) groups is 3. The minimum atomic E-state index is -1.11. The molecule has 1 aliphatic rings. The summed E-state index contributed by atoms with van der Waals surface area (Å²) in [5, 5.41) is 14.9. The highest BCUT2D eigenvalue weighted by Gasteiger charge is 2.26. The molecule has 26 heavy (non-hydrogen) atoms.